The molecule has 0 saturated heterocycles. The summed E-state index contributed by atoms with van der Waals surface area (Å²) in [5, 5.41) is 0. The maximum Gasteiger partial charge on any atom is 0.0501 e. The van der Waals surface area contributed by atoms with Gasteiger partial charge in [-0.3, -0.25) is 11.3 Å². The van der Waals surface area contributed by atoms with Crippen molar-refractivity contribution < 1.29 is 0 Å². The molecule has 3 heteroatoms. The summed E-state index contributed by atoms with van der Waals surface area (Å²) in [5.41, 5.74) is 9.30. The van der Waals surface area contributed by atoms with Gasteiger partial charge in [-0.1, -0.05) is 35.9 Å². The molecule has 3 nitrogen and oxygen atoms in total. The molecule has 0 aliphatic heterocycles. The number of aryl methyl sites for hydroxylation is 2. The number of hydrogen-bond acceptors (Lipinski definition) is 3. The van der Waals surface area contributed by atoms with Crippen LogP contribution in [0.15, 0.2) is 42.5 Å². The Kier molecular flexibility index (Phi) is 4.99. The summed E-state index contributed by atoms with van der Waals surface area (Å²) in [5.74, 6) is 5.80. The van der Waals surface area contributed by atoms with Crippen LogP contribution in [0.1, 0.15) is 28.3 Å². The summed E-state index contributed by atoms with van der Waals surface area (Å²) in [6.07, 6.45) is 0.890. The second-order valence-electron chi connectivity index (χ2n) is 5.84. The van der Waals surface area contributed by atoms with Gasteiger partial charge in [0.1, 0.15) is 0 Å². The van der Waals surface area contributed by atoms with Gasteiger partial charge in [0.05, 0.1) is 6.04 Å². The molecule has 112 valence electrons. The van der Waals surface area contributed by atoms with Gasteiger partial charge >= 0.3 is 0 Å². The third-order valence-corrected chi connectivity index (χ3v) is 3.92. The second-order valence-corrected chi connectivity index (χ2v) is 5.84. The van der Waals surface area contributed by atoms with Crippen molar-refractivity contribution in [1.29, 1.82) is 0 Å². The van der Waals surface area contributed by atoms with Crippen molar-refractivity contribution in [1.82, 2.24) is 5.43 Å². The van der Waals surface area contributed by atoms with Crippen LogP contribution in [0, 0.1) is 13.8 Å². The highest BCUT2D eigenvalue weighted by Crippen LogP contribution is 2.24. The molecule has 3 N–H and O–H groups in total. The molecule has 21 heavy (non-hydrogen) atoms. The zero-order valence-electron chi connectivity index (χ0n) is 13.4. The molecule has 0 bridgehead atoms. The molecular weight excluding hydrogens is 258 g/mol. The fourth-order valence-corrected chi connectivity index (χ4v) is 2.53. The molecule has 0 aliphatic rings. The fraction of sp³-hybridized carbons (Fsp3) is 0.333. The Morgan fingerprint density at radius 1 is 1.10 bits per heavy atom. The lowest BCUT2D eigenvalue weighted by Crippen LogP contribution is -2.30. The average Bonchev–Trinajstić information content (AvgIpc) is 2.48. The Labute approximate surface area is 127 Å². The molecule has 1 unspecified atom stereocenters. The lowest BCUT2D eigenvalue weighted by Gasteiger charge is -2.20. The van der Waals surface area contributed by atoms with Crippen LogP contribution in [-0.4, -0.2) is 14.1 Å². The number of nitrogens with zero attached hydrogens (tertiary/aromatic N) is 1. The molecule has 0 aliphatic carbocycles. The van der Waals surface area contributed by atoms with E-state index in [1.807, 2.05) is 0 Å². The smallest absolute Gasteiger partial charge is 0.0501 e. The minimum absolute atomic E-state index is 0.116. The van der Waals surface area contributed by atoms with Crippen LogP contribution in [0.5, 0.6) is 0 Å². The molecule has 0 spiro atoms. The van der Waals surface area contributed by atoms with Crippen LogP contribution in [0.3, 0.4) is 0 Å². The molecule has 0 heterocycles. The van der Waals surface area contributed by atoms with Gasteiger partial charge in [-0.2, -0.15) is 0 Å². The molecule has 2 aromatic rings. The van der Waals surface area contributed by atoms with Crippen molar-refractivity contribution in [3.8, 4) is 0 Å². The van der Waals surface area contributed by atoms with Crippen LogP contribution >= 0.6 is 0 Å². The van der Waals surface area contributed by atoms with E-state index in [9.17, 15) is 0 Å². The summed E-state index contributed by atoms with van der Waals surface area (Å²) in [6.45, 7) is 4.28. The van der Waals surface area contributed by atoms with E-state index in [0.717, 1.165) is 6.42 Å². The van der Waals surface area contributed by atoms with Gasteiger partial charge in [-0.25, -0.2) is 0 Å². The number of nitrogens with two attached hydrogens (primary N) is 1. The van der Waals surface area contributed by atoms with Crippen LogP contribution < -0.4 is 16.2 Å². The van der Waals surface area contributed by atoms with Crippen molar-refractivity contribution >= 4 is 5.69 Å². The molecule has 1 atom stereocenters. The number of benzene rings is 2. The number of anilines is 1. The van der Waals surface area contributed by atoms with Crippen molar-refractivity contribution in [3.05, 3.63) is 64.7 Å². The molecule has 0 saturated carbocycles. The number of nitrogens with one attached hydrogen (secondary N) is 1. The zero-order valence-corrected chi connectivity index (χ0v) is 13.4. The predicted octanol–water partition coefficient (Wildman–Crippen LogP) is 3.12. The first-order valence-corrected chi connectivity index (χ1v) is 7.31. The molecule has 0 fully saturated rings. The maximum absolute atomic E-state index is 5.80. The van der Waals surface area contributed by atoms with Gasteiger partial charge in [0, 0.05) is 19.8 Å². The van der Waals surface area contributed by atoms with E-state index < -0.39 is 0 Å². The maximum atomic E-state index is 5.80. The van der Waals surface area contributed by atoms with E-state index in [1.54, 1.807) is 0 Å². The minimum Gasteiger partial charge on any atom is -0.378 e. The number of hydrazine groups is 1. The SMILES string of the molecule is Cc1ccc(C)c(CC(NN)c2cccc(N(C)C)c2)c1. The van der Waals surface area contributed by atoms with E-state index in [0.29, 0.717) is 0 Å². The van der Waals surface area contributed by atoms with Crippen molar-refractivity contribution in [3.63, 3.8) is 0 Å². The monoisotopic (exact) mass is 283 g/mol. The first-order valence-electron chi connectivity index (χ1n) is 7.31. The lowest BCUT2D eigenvalue weighted by atomic mass is 9.95. The fourth-order valence-electron chi connectivity index (χ4n) is 2.53. The summed E-state index contributed by atoms with van der Waals surface area (Å²) in [4.78, 5) is 2.11. The average molecular weight is 283 g/mol. The Balaban J connectivity index is 2.27. The summed E-state index contributed by atoms with van der Waals surface area (Å²) >= 11 is 0. The zero-order chi connectivity index (χ0) is 15.4. The molecule has 2 rings (SSSR count). The van der Waals surface area contributed by atoms with Crippen LogP contribution in [0.4, 0.5) is 5.69 Å². The van der Waals surface area contributed by atoms with Crippen LogP contribution in [0.25, 0.3) is 0 Å². The third-order valence-electron chi connectivity index (χ3n) is 3.92. The van der Waals surface area contributed by atoms with E-state index >= 15 is 0 Å². The molecule has 0 aromatic heterocycles. The standard InChI is InChI=1S/C18H25N3/c1-13-8-9-14(2)16(10-13)12-18(20-19)15-6-5-7-17(11-15)21(3)4/h5-11,18,20H,12,19H2,1-4H3. The van der Waals surface area contributed by atoms with Crippen LogP contribution in [0.2, 0.25) is 0 Å². The van der Waals surface area contributed by atoms with E-state index in [1.165, 1.54) is 27.9 Å². The van der Waals surface area contributed by atoms with E-state index in [2.05, 4.69) is 80.7 Å². The highest BCUT2D eigenvalue weighted by molar-refractivity contribution is 5.48. The van der Waals surface area contributed by atoms with Crippen LogP contribution in [-0.2, 0) is 6.42 Å². The molecule has 0 amide bonds. The van der Waals surface area contributed by atoms with Gasteiger partial charge < -0.3 is 4.90 Å². The van der Waals surface area contributed by atoms with Gasteiger partial charge in [0.25, 0.3) is 0 Å². The van der Waals surface area contributed by atoms with E-state index in [-0.39, 0.29) is 6.04 Å². The van der Waals surface area contributed by atoms with Gasteiger partial charge in [0.15, 0.2) is 0 Å². The number of hydrogen-bond donors (Lipinski definition) is 2. The Morgan fingerprint density at radius 3 is 2.52 bits per heavy atom. The quantitative estimate of drug-likeness (QED) is 0.654. The van der Waals surface area contributed by atoms with Gasteiger partial charge in [-0.05, 0) is 49.1 Å². The summed E-state index contributed by atoms with van der Waals surface area (Å²) in [7, 11) is 4.10. The Bertz CT molecular complexity index is 605. The molecule has 2 aromatic carbocycles. The highest BCUT2D eigenvalue weighted by Gasteiger charge is 2.13. The van der Waals surface area contributed by atoms with Crippen molar-refractivity contribution in [2.75, 3.05) is 19.0 Å². The molecular formula is C18H25N3. The predicted molar refractivity (Wildman–Crippen MR) is 90.5 cm³/mol. The highest BCUT2D eigenvalue weighted by atomic mass is 15.2. The van der Waals surface area contributed by atoms with Crippen molar-refractivity contribution in [2.24, 2.45) is 5.84 Å². The minimum atomic E-state index is 0.116. The summed E-state index contributed by atoms with van der Waals surface area (Å²) in [6, 6.07) is 15.2. The Hall–Kier alpha value is -1.84. The normalized spacial score (nSPS) is 12.2. The largest absolute Gasteiger partial charge is 0.378 e. The lowest BCUT2D eigenvalue weighted by molar-refractivity contribution is 0.551. The second kappa shape index (κ2) is 6.74. The summed E-state index contributed by atoms with van der Waals surface area (Å²) < 4.78 is 0. The topological polar surface area (TPSA) is 41.3 Å². The van der Waals surface area contributed by atoms with Crippen molar-refractivity contribution in [2.45, 2.75) is 26.3 Å². The van der Waals surface area contributed by atoms with Gasteiger partial charge in [0.2, 0.25) is 0 Å². The number of rotatable bonds is 5. The van der Waals surface area contributed by atoms with Gasteiger partial charge in [-0.15, -0.1) is 0 Å². The first kappa shape index (κ1) is 15.5. The third kappa shape index (κ3) is 3.84. The first-order chi connectivity index (χ1) is 10.0. The van der Waals surface area contributed by atoms with E-state index in [4.69, 9.17) is 5.84 Å². The molecule has 0 radical (unpaired) electrons. The Morgan fingerprint density at radius 2 is 1.86 bits per heavy atom.